The molecule has 160 valence electrons. The fraction of sp³-hybridized carbons (Fsp3) is 0.304. The average molecular weight is 427 g/mol. The molecule has 0 bridgehead atoms. The van der Waals surface area contributed by atoms with Crippen molar-refractivity contribution in [2.24, 2.45) is 0 Å². The Balaban J connectivity index is 1.54. The van der Waals surface area contributed by atoms with Crippen molar-refractivity contribution in [3.8, 4) is 11.3 Å². The normalized spacial score (nSPS) is 21.5. The number of carbonyl (C=O) groups excluding carboxylic acids is 2. The summed E-state index contributed by atoms with van der Waals surface area (Å²) in [4.78, 5) is 30.4. The zero-order valence-electron chi connectivity index (χ0n) is 16.5. The Kier molecular flexibility index (Phi) is 4.53. The van der Waals surface area contributed by atoms with Crippen molar-refractivity contribution in [1.29, 1.82) is 0 Å². The first-order valence-corrected chi connectivity index (χ1v) is 10.2. The van der Waals surface area contributed by atoms with Gasteiger partial charge in [-0.05, 0) is 42.2 Å². The smallest absolute Gasteiger partial charge is 0.354 e. The molecule has 0 unspecified atom stereocenters. The fourth-order valence-corrected chi connectivity index (χ4v) is 4.66. The lowest BCUT2D eigenvalue weighted by molar-refractivity contribution is -0.146. The molecular weight excluding hydrogens is 407 g/mol. The highest BCUT2D eigenvalue weighted by molar-refractivity contribution is 5.98. The van der Waals surface area contributed by atoms with Crippen LogP contribution < -0.4 is 5.32 Å². The number of halogens is 3. The molecule has 2 aliphatic rings. The molecule has 31 heavy (non-hydrogen) atoms. The number of hydrogen-bond donors (Lipinski definition) is 2. The van der Waals surface area contributed by atoms with Crippen LogP contribution in [0.25, 0.3) is 22.2 Å². The largest absolute Gasteiger partial charge is 0.416 e. The van der Waals surface area contributed by atoms with E-state index in [0.717, 1.165) is 35.0 Å². The summed E-state index contributed by atoms with van der Waals surface area (Å²) < 4.78 is 38.9. The quantitative estimate of drug-likeness (QED) is 0.666. The summed E-state index contributed by atoms with van der Waals surface area (Å²) in [6, 6.07) is 11.4. The van der Waals surface area contributed by atoms with E-state index < -0.39 is 17.8 Å². The summed E-state index contributed by atoms with van der Waals surface area (Å²) in [5, 5.41) is 3.73. The number of alkyl halides is 3. The molecule has 5 nitrogen and oxygen atoms in total. The van der Waals surface area contributed by atoms with Gasteiger partial charge in [0.15, 0.2) is 0 Å². The number of nitrogens with zero attached hydrogens (tertiary/aromatic N) is 1. The Morgan fingerprint density at radius 3 is 2.52 bits per heavy atom. The minimum Gasteiger partial charge on any atom is -0.354 e. The molecule has 1 aromatic heterocycles. The van der Waals surface area contributed by atoms with Crippen LogP contribution in [0.3, 0.4) is 0 Å². The zero-order valence-corrected chi connectivity index (χ0v) is 16.5. The van der Waals surface area contributed by atoms with Crippen molar-refractivity contribution < 1.29 is 22.8 Å². The van der Waals surface area contributed by atoms with E-state index in [2.05, 4.69) is 10.3 Å². The third-order valence-electron chi connectivity index (χ3n) is 6.18. The minimum atomic E-state index is -4.41. The zero-order chi connectivity index (χ0) is 21.8. The number of piperazine rings is 1. The monoisotopic (exact) mass is 427 g/mol. The summed E-state index contributed by atoms with van der Waals surface area (Å²) in [5.41, 5.74) is 2.14. The molecule has 0 saturated carbocycles. The first kappa shape index (κ1) is 19.7. The Bertz CT molecular complexity index is 1170. The van der Waals surface area contributed by atoms with Crippen LogP contribution in [0.5, 0.6) is 0 Å². The van der Waals surface area contributed by atoms with Crippen LogP contribution in [0.4, 0.5) is 13.2 Å². The van der Waals surface area contributed by atoms with E-state index in [4.69, 9.17) is 0 Å². The van der Waals surface area contributed by atoms with Crippen LogP contribution in [0.1, 0.15) is 24.0 Å². The fourth-order valence-electron chi connectivity index (χ4n) is 4.66. The Morgan fingerprint density at radius 1 is 1.03 bits per heavy atom. The molecule has 2 aliphatic heterocycles. The van der Waals surface area contributed by atoms with Crippen molar-refractivity contribution in [3.63, 3.8) is 0 Å². The van der Waals surface area contributed by atoms with Gasteiger partial charge in [-0.1, -0.05) is 30.3 Å². The first-order valence-electron chi connectivity index (χ1n) is 10.2. The van der Waals surface area contributed by atoms with Gasteiger partial charge >= 0.3 is 6.18 Å². The number of amides is 2. The second kappa shape index (κ2) is 7.14. The second-order valence-electron chi connectivity index (χ2n) is 8.05. The molecule has 3 heterocycles. The third-order valence-corrected chi connectivity index (χ3v) is 6.18. The lowest BCUT2D eigenvalue weighted by Gasteiger charge is -2.34. The molecule has 5 rings (SSSR count). The van der Waals surface area contributed by atoms with Gasteiger partial charge in [-0.3, -0.25) is 9.59 Å². The highest BCUT2D eigenvalue weighted by Gasteiger charge is 2.43. The summed E-state index contributed by atoms with van der Waals surface area (Å²) in [6.07, 6.45) is -2.67. The van der Waals surface area contributed by atoms with Gasteiger partial charge in [-0.2, -0.15) is 13.2 Å². The van der Waals surface area contributed by atoms with Crippen molar-refractivity contribution in [2.45, 2.75) is 37.5 Å². The van der Waals surface area contributed by atoms with Gasteiger partial charge in [0.1, 0.15) is 12.1 Å². The van der Waals surface area contributed by atoms with E-state index in [9.17, 15) is 22.8 Å². The number of hydrogen-bond acceptors (Lipinski definition) is 2. The maximum Gasteiger partial charge on any atom is 0.416 e. The molecule has 8 heteroatoms. The average Bonchev–Trinajstić information content (AvgIpc) is 3.37. The number of aromatic amines is 1. The van der Waals surface area contributed by atoms with Gasteiger partial charge in [0.25, 0.3) is 0 Å². The van der Waals surface area contributed by atoms with Crippen LogP contribution >= 0.6 is 0 Å². The number of aromatic nitrogens is 1. The molecule has 2 amide bonds. The van der Waals surface area contributed by atoms with Crippen molar-refractivity contribution in [2.75, 3.05) is 6.54 Å². The van der Waals surface area contributed by atoms with Crippen molar-refractivity contribution in [3.05, 3.63) is 59.7 Å². The SMILES string of the molecule is O=C1N[C@H](Cc2c(-c3ccc(C(F)(F)F)cc3)[nH]c3ccccc23)C(=O)N2CCC[C@H]12. The number of rotatable bonds is 3. The standard InChI is InChI=1S/C23H20F3N3O2/c24-23(25,26)14-9-7-13(8-10-14)20-16(15-4-1-2-5-17(15)27-20)12-18-22(31)29-11-3-6-19(29)21(30)28-18/h1-2,4-5,7-10,18-19,27H,3,6,11-12H2,(H,28,30)/t18-,19-/m1/s1. The van der Waals surface area contributed by atoms with Gasteiger partial charge in [0, 0.05) is 29.6 Å². The number of benzene rings is 2. The van der Waals surface area contributed by atoms with E-state index in [1.54, 1.807) is 4.90 Å². The van der Waals surface area contributed by atoms with Crippen LogP contribution in [0, 0.1) is 0 Å². The molecule has 2 atom stereocenters. The molecule has 2 saturated heterocycles. The summed E-state index contributed by atoms with van der Waals surface area (Å²) >= 11 is 0. The summed E-state index contributed by atoms with van der Waals surface area (Å²) in [7, 11) is 0. The molecule has 0 spiro atoms. The van der Waals surface area contributed by atoms with Gasteiger partial charge in [0.2, 0.25) is 11.8 Å². The predicted molar refractivity (Wildman–Crippen MR) is 109 cm³/mol. The van der Waals surface area contributed by atoms with Crippen molar-refractivity contribution in [1.82, 2.24) is 15.2 Å². The van der Waals surface area contributed by atoms with Gasteiger partial charge < -0.3 is 15.2 Å². The maximum absolute atomic E-state index is 13.0. The Morgan fingerprint density at radius 2 is 1.77 bits per heavy atom. The van der Waals surface area contributed by atoms with E-state index in [1.165, 1.54) is 12.1 Å². The summed E-state index contributed by atoms with van der Waals surface area (Å²) in [6.45, 7) is 0.576. The lowest BCUT2D eigenvalue weighted by atomic mass is 9.96. The highest BCUT2D eigenvalue weighted by atomic mass is 19.4. The van der Waals surface area contributed by atoms with Gasteiger partial charge in [0.05, 0.1) is 5.56 Å². The summed E-state index contributed by atoms with van der Waals surface area (Å²) in [5.74, 6) is -0.247. The molecular formula is C23H20F3N3O2. The van der Waals surface area contributed by atoms with E-state index in [1.807, 2.05) is 24.3 Å². The molecule has 2 aromatic carbocycles. The molecule has 0 radical (unpaired) electrons. The third kappa shape index (κ3) is 3.36. The van der Waals surface area contributed by atoms with Gasteiger partial charge in [-0.15, -0.1) is 0 Å². The number of carbonyl (C=O) groups is 2. The van der Waals surface area contributed by atoms with Crippen LogP contribution in [-0.2, 0) is 22.2 Å². The maximum atomic E-state index is 13.0. The molecule has 2 fully saturated rings. The van der Waals surface area contributed by atoms with Crippen molar-refractivity contribution >= 4 is 22.7 Å². The predicted octanol–water partition coefficient (Wildman–Crippen LogP) is 3.89. The molecule has 2 N–H and O–H groups in total. The van der Waals surface area contributed by atoms with Crippen LogP contribution in [0.2, 0.25) is 0 Å². The number of H-pyrrole nitrogens is 1. The highest BCUT2D eigenvalue weighted by Crippen LogP contribution is 2.35. The second-order valence-corrected chi connectivity index (χ2v) is 8.05. The van der Waals surface area contributed by atoms with E-state index in [-0.39, 0.29) is 24.3 Å². The Labute approximate surface area is 176 Å². The lowest BCUT2D eigenvalue weighted by Crippen LogP contribution is -2.61. The number of para-hydroxylation sites is 1. The van der Waals surface area contributed by atoms with Crippen LogP contribution in [0.15, 0.2) is 48.5 Å². The van der Waals surface area contributed by atoms with Crippen LogP contribution in [-0.4, -0.2) is 40.3 Å². The topological polar surface area (TPSA) is 65.2 Å². The number of nitrogens with one attached hydrogen (secondary N) is 2. The minimum absolute atomic E-state index is 0.106. The molecule has 3 aromatic rings. The van der Waals surface area contributed by atoms with E-state index >= 15 is 0 Å². The Hall–Kier alpha value is -3.29. The number of fused-ring (bicyclic) bond motifs is 2. The van der Waals surface area contributed by atoms with E-state index in [0.29, 0.717) is 24.2 Å². The van der Waals surface area contributed by atoms with Gasteiger partial charge in [-0.25, -0.2) is 0 Å². The molecule has 0 aliphatic carbocycles. The first-order chi connectivity index (χ1) is 14.8.